The van der Waals surface area contributed by atoms with Crippen LogP contribution in [0.25, 0.3) is 0 Å². The summed E-state index contributed by atoms with van der Waals surface area (Å²) in [6.07, 6.45) is 0. The molecule has 12 heavy (non-hydrogen) atoms. The maximum Gasteiger partial charge on any atom is 0.159 e. The molecule has 1 aromatic rings. The zero-order valence-corrected chi connectivity index (χ0v) is 6.39. The zero-order valence-electron chi connectivity index (χ0n) is 6.39. The molecular formula is C8H8N2O2. The Balaban J connectivity index is 2.18. The van der Waals surface area contributed by atoms with Gasteiger partial charge in [-0.2, -0.15) is 0 Å². The molecular weight excluding hydrogens is 156 g/mol. The molecule has 4 nitrogen and oxygen atoms in total. The van der Waals surface area contributed by atoms with Gasteiger partial charge in [0, 0.05) is 12.1 Å². The number of anilines is 2. The number of benzene rings is 1. The Bertz CT molecular complexity index is 278. The second-order valence-electron chi connectivity index (χ2n) is 2.78. The summed E-state index contributed by atoms with van der Waals surface area (Å²) in [5.41, 5.74) is 2.02. The zero-order chi connectivity index (χ0) is 7.97. The Morgan fingerprint density at radius 1 is 0.917 bits per heavy atom. The molecule has 0 saturated carbocycles. The van der Waals surface area contributed by atoms with Crippen LogP contribution in [0.2, 0.25) is 0 Å². The molecule has 2 aliphatic heterocycles. The van der Waals surface area contributed by atoms with E-state index in [-0.39, 0.29) is 0 Å². The quantitative estimate of drug-likeness (QED) is 0.604. The van der Waals surface area contributed by atoms with E-state index in [1.165, 1.54) is 0 Å². The summed E-state index contributed by atoms with van der Waals surface area (Å²) in [4.78, 5) is 0. The van der Waals surface area contributed by atoms with E-state index in [9.17, 15) is 0 Å². The predicted molar refractivity (Wildman–Crippen MR) is 44.7 cm³/mol. The first-order valence-electron chi connectivity index (χ1n) is 3.85. The first-order valence-corrected chi connectivity index (χ1v) is 3.85. The first kappa shape index (κ1) is 5.99. The number of fused-ring (bicyclic) bond motifs is 2. The summed E-state index contributed by atoms with van der Waals surface area (Å²) in [5, 5.41) is 6.20. The van der Waals surface area contributed by atoms with Gasteiger partial charge in [-0.1, -0.05) is 0 Å². The maximum absolute atomic E-state index is 5.32. The molecule has 0 bridgehead atoms. The van der Waals surface area contributed by atoms with Gasteiger partial charge in [-0.25, -0.2) is 0 Å². The van der Waals surface area contributed by atoms with E-state index < -0.39 is 0 Å². The van der Waals surface area contributed by atoms with Gasteiger partial charge >= 0.3 is 0 Å². The summed E-state index contributed by atoms with van der Waals surface area (Å²) in [7, 11) is 0. The van der Waals surface area contributed by atoms with E-state index in [4.69, 9.17) is 9.47 Å². The monoisotopic (exact) mass is 164 g/mol. The largest absolute Gasteiger partial charge is 0.471 e. The molecule has 0 unspecified atom stereocenters. The Morgan fingerprint density at radius 2 is 1.42 bits per heavy atom. The van der Waals surface area contributed by atoms with Gasteiger partial charge in [0.25, 0.3) is 0 Å². The van der Waals surface area contributed by atoms with Crippen LogP contribution in [-0.4, -0.2) is 13.5 Å². The molecule has 1 aromatic carbocycles. The van der Waals surface area contributed by atoms with Crippen LogP contribution in [0, 0.1) is 0 Å². The van der Waals surface area contributed by atoms with Crippen molar-refractivity contribution in [2.75, 3.05) is 24.1 Å². The molecule has 0 aromatic heterocycles. The fourth-order valence-electron chi connectivity index (χ4n) is 1.46. The van der Waals surface area contributed by atoms with Gasteiger partial charge in [0.1, 0.15) is 11.5 Å². The van der Waals surface area contributed by atoms with E-state index in [0.29, 0.717) is 13.5 Å². The van der Waals surface area contributed by atoms with Crippen LogP contribution < -0.4 is 20.1 Å². The topological polar surface area (TPSA) is 42.5 Å². The van der Waals surface area contributed by atoms with Crippen molar-refractivity contribution >= 4 is 11.4 Å². The highest BCUT2D eigenvalue weighted by atomic mass is 16.5. The molecule has 4 heteroatoms. The standard InChI is InChI=1S/C8H8N2O2/c1-5-8(12-3-9-5)2-6-7(1)11-4-10-6/h1-2,9-10H,3-4H2. The van der Waals surface area contributed by atoms with Crippen molar-refractivity contribution in [3.63, 3.8) is 0 Å². The normalized spacial score (nSPS) is 16.7. The highest BCUT2D eigenvalue weighted by Crippen LogP contribution is 2.40. The molecule has 0 atom stereocenters. The van der Waals surface area contributed by atoms with Gasteiger partial charge in [-0.3, -0.25) is 0 Å². The van der Waals surface area contributed by atoms with Crippen LogP contribution in [0.3, 0.4) is 0 Å². The van der Waals surface area contributed by atoms with Crippen LogP contribution in [0.1, 0.15) is 0 Å². The van der Waals surface area contributed by atoms with Crippen molar-refractivity contribution in [1.29, 1.82) is 0 Å². The highest BCUT2D eigenvalue weighted by Gasteiger charge is 2.18. The Labute approximate surface area is 69.5 Å². The van der Waals surface area contributed by atoms with Crippen molar-refractivity contribution in [3.05, 3.63) is 12.1 Å². The number of hydrogen-bond donors (Lipinski definition) is 2. The van der Waals surface area contributed by atoms with Crippen LogP contribution in [0.4, 0.5) is 11.4 Å². The molecule has 0 amide bonds. The van der Waals surface area contributed by atoms with E-state index in [1.54, 1.807) is 0 Å². The second kappa shape index (κ2) is 1.97. The van der Waals surface area contributed by atoms with Crippen LogP contribution in [0.5, 0.6) is 11.5 Å². The molecule has 2 N–H and O–H groups in total. The highest BCUT2D eigenvalue weighted by molar-refractivity contribution is 5.73. The summed E-state index contributed by atoms with van der Waals surface area (Å²) >= 11 is 0. The number of rotatable bonds is 0. The molecule has 0 saturated heterocycles. The Kier molecular flexibility index (Phi) is 0.983. The van der Waals surface area contributed by atoms with Crippen molar-refractivity contribution in [2.24, 2.45) is 0 Å². The summed E-state index contributed by atoms with van der Waals surface area (Å²) in [6.45, 7) is 1.11. The lowest BCUT2D eigenvalue weighted by Gasteiger charge is -2.00. The average molecular weight is 164 g/mol. The molecule has 0 fully saturated rings. The first-order chi connectivity index (χ1) is 5.93. The fourth-order valence-corrected chi connectivity index (χ4v) is 1.46. The summed E-state index contributed by atoms with van der Waals surface area (Å²) in [5.74, 6) is 1.79. The summed E-state index contributed by atoms with van der Waals surface area (Å²) in [6, 6.07) is 3.91. The summed E-state index contributed by atoms with van der Waals surface area (Å²) < 4.78 is 10.6. The predicted octanol–water partition coefficient (Wildman–Crippen LogP) is 1.21. The van der Waals surface area contributed by atoms with E-state index >= 15 is 0 Å². The van der Waals surface area contributed by atoms with Gasteiger partial charge < -0.3 is 20.1 Å². The molecule has 2 aliphatic rings. The SMILES string of the molecule is c1c2c(cc3c1OCN3)OCN2. The third-order valence-electron chi connectivity index (χ3n) is 2.06. The van der Waals surface area contributed by atoms with Crippen LogP contribution in [0.15, 0.2) is 12.1 Å². The van der Waals surface area contributed by atoms with Gasteiger partial charge in [0.2, 0.25) is 0 Å². The smallest absolute Gasteiger partial charge is 0.159 e. The molecule has 0 radical (unpaired) electrons. The van der Waals surface area contributed by atoms with Gasteiger partial charge in [0.15, 0.2) is 13.5 Å². The minimum absolute atomic E-state index is 0.554. The van der Waals surface area contributed by atoms with Crippen molar-refractivity contribution in [2.45, 2.75) is 0 Å². The number of nitrogens with one attached hydrogen (secondary N) is 2. The Morgan fingerprint density at radius 3 is 1.92 bits per heavy atom. The number of hydrogen-bond acceptors (Lipinski definition) is 4. The van der Waals surface area contributed by atoms with E-state index in [2.05, 4.69) is 10.6 Å². The van der Waals surface area contributed by atoms with Crippen LogP contribution >= 0.6 is 0 Å². The van der Waals surface area contributed by atoms with Gasteiger partial charge in [-0.15, -0.1) is 0 Å². The average Bonchev–Trinajstić information content (AvgIpc) is 2.64. The minimum Gasteiger partial charge on any atom is -0.471 e. The molecule has 3 rings (SSSR count). The number of ether oxygens (including phenoxy) is 2. The Hall–Kier alpha value is -1.58. The van der Waals surface area contributed by atoms with E-state index in [1.807, 2.05) is 12.1 Å². The fraction of sp³-hybridized carbons (Fsp3) is 0.250. The molecule has 62 valence electrons. The van der Waals surface area contributed by atoms with Gasteiger partial charge in [-0.05, 0) is 0 Å². The lowest BCUT2D eigenvalue weighted by molar-refractivity contribution is 0.370. The second-order valence-corrected chi connectivity index (χ2v) is 2.78. The molecule has 0 aliphatic carbocycles. The van der Waals surface area contributed by atoms with Crippen molar-refractivity contribution < 1.29 is 9.47 Å². The van der Waals surface area contributed by atoms with E-state index in [0.717, 1.165) is 22.9 Å². The minimum atomic E-state index is 0.554. The lowest BCUT2D eigenvalue weighted by atomic mass is 10.2. The molecule has 2 heterocycles. The van der Waals surface area contributed by atoms with Gasteiger partial charge in [0.05, 0.1) is 11.4 Å². The maximum atomic E-state index is 5.32. The third kappa shape index (κ3) is 0.664. The van der Waals surface area contributed by atoms with Crippen molar-refractivity contribution in [1.82, 2.24) is 0 Å². The van der Waals surface area contributed by atoms with Crippen molar-refractivity contribution in [3.8, 4) is 11.5 Å². The molecule has 0 spiro atoms. The third-order valence-corrected chi connectivity index (χ3v) is 2.06. The van der Waals surface area contributed by atoms with Crippen LogP contribution in [-0.2, 0) is 0 Å². The lowest BCUT2D eigenvalue weighted by Crippen LogP contribution is -1.98.